The summed E-state index contributed by atoms with van der Waals surface area (Å²) in [6.45, 7) is 5.25. The van der Waals surface area contributed by atoms with Crippen LogP contribution in [-0.2, 0) is 24.9 Å². The first-order chi connectivity index (χ1) is 13.8. The Labute approximate surface area is 166 Å². The van der Waals surface area contributed by atoms with Gasteiger partial charge in [0.15, 0.2) is 5.82 Å². The fourth-order valence-electron chi connectivity index (χ4n) is 3.84. The maximum absolute atomic E-state index is 5.87. The van der Waals surface area contributed by atoms with E-state index in [1.165, 1.54) is 18.4 Å². The summed E-state index contributed by atoms with van der Waals surface area (Å²) in [6.07, 6.45) is 7.90. The summed E-state index contributed by atoms with van der Waals surface area (Å²) in [4.78, 5) is 6.59. The molecule has 3 aromatic rings. The van der Waals surface area contributed by atoms with Crippen LogP contribution in [0, 0.1) is 0 Å². The van der Waals surface area contributed by atoms with Gasteiger partial charge in [0.25, 0.3) is 0 Å². The van der Waals surface area contributed by atoms with Gasteiger partial charge in [-0.05, 0) is 24.9 Å². The maximum Gasteiger partial charge on any atom is 0.152 e. The smallest absolute Gasteiger partial charge is 0.152 e. The zero-order valence-electron chi connectivity index (χ0n) is 16.4. The van der Waals surface area contributed by atoms with Crippen molar-refractivity contribution in [2.24, 2.45) is 7.05 Å². The summed E-state index contributed by atoms with van der Waals surface area (Å²) in [5.74, 6) is 2.48. The second-order valence-corrected chi connectivity index (χ2v) is 7.45. The van der Waals surface area contributed by atoms with Gasteiger partial charge in [-0.2, -0.15) is 0 Å². The number of hydrogen-bond acceptors (Lipinski definition) is 5. The number of benzene rings is 1. The third-order valence-electron chi connectivity index (χ3n) is 5.42. The Bertz CT molecular complexity index is 845. The van der Waals surface area contributed by atoms with Crippen molar-refractivity contribution in [3.63, 3.8) is 0 Å². The van der Waals surface area contributed by atoms with Crippen molar-refractivity contribution in [3.05, 3.63) is 66.3 Å². The molecular formula is C21H28N6O. The van der Waals surface area contributed by atoms with E-state index in [1.807, 2.05) is 23.2 Å². The molecule has 2 aromatic heterocycles. The van der Waals surface area contributed by atoms with E-state index in [4.69, 9.17) is 4.74 Å². The minimum Gasteiger partial charge on any atom is -0.375 e. The molecule has 0 amide bonds. The summed E-state index contributed by atoms with van der Waals surface area (Å²) >= 11 is 0. The number of likely N-dealkylation sites (tertiary alicyclic amines) is 1. The summed E-state index contributed by atoms with van der Waals surface area (Å²) in [5, 5.41) is 8.93. The van der Waals surface area contributed by atoms with Crippen molar-refractivity contribution in [1.29, 1.82) is 0 Å². The third kappa shape index (κ3) is 4.66. The van der Waals surface area contributed by atoms with E-state index in [-0.39, 0.29) is 0 Å². The van der Waals surface area contributed by atoms with Crippen LogP contribution in [0.15, 0.2) is 49.1 Å². The maximum atomic E-state index is 5.87. The van der Waals surface area contributed by atoms with Crippen LogP contribution in [0.2, 0.25) is 0 Å². The predicted molar refractivity (Wildman–Crippen MR) is 107 cm³/mol. The Kier molecular flexibility index (Phi) is 6.14. The largest absolute Gasteiger partial charge is 0.375 e. The van der Waals surface area contributed by atoms with E-state index in [0.717, 1.165) is 37.9 Å². The number of imidazole rings is 1. The van der Waals surface area contributed by atoms with E-state index in [1.54, 1.807) is 6.20 Å². The Hall–Kier alpha value is -2.51. The number of aromatic nitrogens is 5. The Morgan fingerprint density at radius 2 is 2.07 bits per heavy atom. The normalized spacial score (nSPS) is 17.8. The van der Waals surface area contributed by atoms with Crippen LogP contribution in [0.1, 0.15) is 36.0 Å². The molecule has 0 bridgehead atoms. The lowest BCUT2D eigenvalue weighted by Gasteiger charge is -2.32. The zero-order chi connectivity index (χ0) is 19.2. The fraction of sp³-hybridized carbons (Fsp3) is 0.476. The molecule has 1 aromatic carbocycles. The van der Waals surface area contributed by atoms with Crippen molar-refractivity contribution >= 4 is 0 Å². The number of hydrogen-bond donors (Lipinski definition) is 0. The van der Waals surface area contributed by atoms with Gasteiger partial charge in [0, 0.05) is 38.4 Å². The van der Waals surface area contributed by atoms with Crippen LogP contribution in [-0.4, -0.2) is 55.5 Å². The highest BCUT2D eigenvalue weighted by atomic mass is 16.5. The highest BCUT2D eigenvalue weighted by Crippen LogP contribution is 2.25. The third-order valence-corrected chi connectivity index (χ3v) is 5.42. The summed E-state index contributed by atoms with van der Waals surface area (Å²) in [5.41, 5.74) is 1.23. The fourth-order valence-corrected chi connectivity index (χ4v) is 3.84. The minimum atomic E-state index is 0.428. The molecule has 7 heteroatoms. The van der Waals surface area contributed by atoms with Gasteiger partial charge in [0.2, 0.25) is 0 Å². The Morgan fingerprint density at radius 3 is 2.89 bits per heavy atom. The molecule has 148 valence electrons. The molecule has 0 aliphatic carbocycles. The van der Waals surface area contributed by atoms with E-state index < -0.39 is 0 Å². The van der Waals surface area contributed by atoms with Gasteiger partial charge in [-0.25, -0.2) is 4.98 Å². The highest BCUT2D eigenvalue weighted by molar-refractivity contribution is 5.13. The van der Waals surface area contributed by atoms with Crippen LogP contribution >= 0.6 is 0 Å². The van der Waals surface area contributed by atoms with E-state index in [2.05, 4.69) is 56.0 Å². The Morgan fingerprint density at radius 1 is 1.18 bits per heavy atom. The molecule has 0 N–H and O–H groups in total. The molecule has 7 nitrogen and oxygen atoms in total. The lowest BCUT2D eigenvalue weighted by molar-refractivity contribution is 0.0821. The topological polar surface area (TPSA) is 61.0 Å². The van der Waals surface area contributed by atoms with E-state index >= 15 is 0 Å². The van der Waals surface area contributed by atoms with Crippen molar-refractivity contribution in [2.75, 3.05) is 26.2 Å². The van der Waals surface area contributed by atoms with Crippen molar-refractivity contribution in [3.8, 4) is 0 Å². The van der Waals surface area contributed by atoms with E-state index in [9.17, 15) is 0 Å². The van der Waals surface area contributed by atoms with Crippen LogP contribution < -0.4 is 0 Å². The first-order valence-corrected chi connectivity index (χ1v) is 9.97. The second-order valence-electron chi connectivity index (χ2n) is 7.45. The number of rotatable bonds is 8. The minimum absolute atomic E-state index is 0.428. The highest BCUT2D eigenvalue weighted by Gasteiger charge is 2.25. The molecule has 1 saturated heterocycles. The van der Waals surface area contributed by atoms with Gasteiger partial charge in [-0.3, -0.25) is 0 Å². The van der Waals surface area contributed by atoms with Crippen molar-refractivity contribution in [2.45, 2.75) is 31.9 Å². The van der Waals surface area contributed by atoms with Crippen molar-refractivity contribution < 1.29 is 4.74 Å². The van der Waals surface area contributed by atoms with Gasteiger partial charge in [0.1, 0.15) is 5.82 Å². The lowest BCUT2D eigenvalue weighted by atomic mass is 9.97. The molecule has 1 aliphatic heterocycles. The first-order valence-electron chi connectivity index (χ1n) is 9.97. The average molecular weight is 380 g/mol. The average Bonchev–Trinajstić information content (AvgIpc) is 3.37. The monoisotopic (exact) mass is 380 g/mol. The molecule has 1 unspecified atom stereocenters. The molecule has 4 rings (SSSR count). The van der Waals surface area contributed by atoms with E-state index in [0.29, 0.717) is 19.1 Å². The predicted octanol–water partition coefficient (Wildman–Crippen LogP) is 2.46. The van der Waals surface area contributed by atoms with Gasteiger partial charge in [0.05, 0.1) is 26.1 Å². The van der Waals surface area contributed by atoms with Gasteiger partial charge in [-0.1, -0.05) is 30.3 Å². The summed E-state index contributed by atoms with van der Waals surface area (Å²) in [6, 6.07) is 10.3. The van der Waals surface area contributed by atoms with Crippen LogP contribution in [0.4, 0.5) is 0 Å². The van der Waals surface area contributed by atoms with Gasteiger partial charge < -0.3 is 18.8 Å². The zero-order valence-corrected chi connectivity index (χ0v) is 16.4. The molecule has 1 aliphatic rings. The molecule has 0 radical (unpaired) electrons. The van der Waals surface area contributed by atoms with Gasteiger partial charge >= 0.3 is 0 Å². The lowest BCUT2D eigenvalue weighted by Crippen LogP contribution is -2.37. The summed E-state index contributed by atoms with van der Waals surface area (Å²) in [7, 11) is 2.07. The number of nitrogens with zero attached hydrogens (tertiary/aromatic N) is 6. The molecule has 1 fully saturated rings. The van der Waals surface area contributed by atoms with Gasteiger partial charge in [-0.15, -0.1) is 10.2 Å². The quantitative estimate of drug-likeness (QED) is 0.562. The standard InChI is InChI=1S/C21H28N6O/c1-25-20(15-27-11-9-22-17-27)23-24-21(25)19-8-5-10-26(14-19)12-13-28-16-18-6-3-2-4-7-18/h2-4,6-7,9,11,17,19H,5,8,10,12-16H2,1H3. The molecule has 0 saturated carbocycles. The SMILES string of the molecule is Cn1c(Cn2ccnc2)nnc1C1CCCN(CCOCc2ccccc2)C1. The second kappa shape index (κ2) is 9.12. The summed E-state index contributed by atoms with van der Waals surface area (Å²) < 4.78 is 10.0. The first kappa shape index (κ1) is 18.8. The molecule has 28 heavy (non-hydrogen) atoms. The molecular weight excluding hydrogens is 352 g/mol. The number of piperidine rings is 1. The number of ether oxygens (including phenoxy) is 1. The molecule has 3 heterocycles. The van der Waals surface area contributed by atoms with Crippen LogP contribution in [0.25, 0.3) is 0 Å². The molecule has 0 spiro atoms. The Balaban J connectivity index is 1.28. The molecule has 1 atom stereocenters. The van der Waals surface area contributed by atoms with Crippen molar-refractivity contribution in [1.82, 2.24) is 29.2 Å². The van der Waals surface area contributed by atoms with Crippen LogP contribution in [0.3, 0.4) is 0 Å². The van der Waals surface area contributed by atoms with Crippen LogP contribution in [0.5, 0.6) is 0 Å².